The zero-order valence-corrected chi connectivity index (χ0v) is 16.5. The van der Waals surface area contributed by atoms with Gasteiger partial charge in [0.15, 0.2) is 0 Å². The molecule has 7 heteroatoms. The van der Waals surface area contributed by atoms with Crippen molar-refractivity contribution in [2.75, 3.05) is 7.11 Å². The number of halogens is 1. The molecule has 140 valence electrons. The second-order valence-electron chi connectivity index (χ2n) is 6.02. The van der Waals surface area contributed by atoms with Gasteiger partial charge in [-0.3, -0.25) is 0 Å². The predicted octanol–water partition coefficient (Wildman–Crippen LogP) is 4.48. The Bertz CT molecular complexity index is 1100. The third kappa shape index (κ3) is 3.61. The Morgan fingerprint density at radius 1 is 0.964 bits per heavy atom. The number of esters is 1. The Hall–Kier alpha value is -3.19. The van der Waals surface area contributed by atoms with Crippen molar-refractivity contribution in [3.05, 3.63) is 82.8 Å². The van der Waals surface area contributed by atoms with Crippen molar-refractivity contribution in [3.63, 3.8) is 0 Å². The maximum Gasteiger partial charge on any atom is 0.351 e. The van der Waals surface area contributed by atoms with Crippen molar-refractivity contribution in [2.45, 2.75) is 6.10 Å². The maximum atomic E-state index is 12.4. The average Bonchev–Trinajstić information content (AvgIpc) is 3.17. The Balaban J connectivity index is 1.78. The van der Waals surface area contributed by atoms with E-state index in [1.807, 2.05) is 66.7 Å². The summed E-state index contributed by atoms with van der Waals surface area (Å²) in [4.78, 5) is 13.9. The van der Waals surface area contributed by atoms with Crippen LogP contribution in [0.4, 0.5) is 0 Å². The molecule has 0 saturated heterocycles. The third-order valence-corrected chi connectivity index (χ3v) is 4.68. The summed E-state index contributed by atoms with van der Waals surface area (Å²) in [6, 6.07) is 22.2. The quantitative estimate of drug-likeness (QED) is 0.430. The minimum Gasteiger partial charge on any atom is -0.472 e. The van der Waals surface area contributed by atoms with Crippen molar-refractivity contribution in [2.24, 2.45) is 0 Å². The molecule has 1 aromatic heterocycles. The lowest BCUT2D eigenvalue weighted by molar-refractivity contribution is -0.149. The highest BCUT2D eigenvalue weighted by atomic mass is 79.9. The SMILES string of the molecule is COC(=O)C(Oc1ccc(Br)cc1-n1nc2ccccc2n1)c1ccccc1. The summed E-state index contributed by atoms with van der Waals surface area (Å²) in [6.45, 7) is 0. The van der Waals surface area contributed by atoms with Crippen LogP contribution in [-0.4, -0.2) is 28.1 Å². The first-order chi connectivity index (χ1) is 13.7. The first-order valence-electron chi connectivity index (χ1n) is 8.57. The molecule has 4 rings (SSSR count). The van der Waals surface area contributed by atoms with Gasteiger partial charge in [-0.1, -0.05) is 58.4 Å². The van der Waals surface area contributed by atoms with Crippen LogP contribution in [0.25, 0.3) is 16.7 Å². The smallest absolute Gasteiger partial charge is 0.351 e. The monoisotopic (exact) mass is 437 g/mol. The molecule has 0 aliphatic carbocycles. The number of hydrogen-bond donors (Lipinski definition) is 0. The van der Waals surface area contributed by atoms with Gasteiger partial charge < -0.3 is 9.47 Å². The second-order valence-corrected chi connectivity index (χ2v) is 6.94. The second kappa shape index (κ2) is 7.82. The summed E-state index contributed by atoms with van der Waals surface area (Å²) < 4.78 is 11.9. The van der Waals surface area contributed by atoms with Crippen LogP contribution in [0.5, 0.6) is 5.75 Å². The van der Waals surface area contributed by atoms with Crippen LogP contribution in [0.3, 0.4) is 0 Å². The van der Waals surface area contributed by atoms with Gasteiger partial charge in [0.2, 0.25) is 6.10 Å². The fourth-order valence-corrected chi connectivity index (χ4v) is 3.18. The van der Waals surface area contributed by atoms with Crippen LogP contribution < -0.4 is 4.74 Å². The van der Waals surface area contributed by atoms with E-state index >= 15 is 0 Å². The predicted molar refractivity (Wildman–Crippen MR) is 108 cm³/mol. The Kier molecular flexibility index (Phi) is 5.08. The lowest BCUT2D eigenvalue weighted by Gasteiger charge is -2.19. The lowest BCUT2D eigenvalue weighted by atomic mass is 10.1. The van der Waals surface area contributed by atoms with Gasteiger partial charge in [-0.15, -0.1) is 15.0 Å². The minimum atomic E-state index is -0.906. The van der Waals surface area contributed by atoms with Crippen LogP contribution in [0, 0.1) is 0 Å². The number of hydrogen-bond acceptors (Lipinski definition) is 5. The maximum absolute atomic E-state index is 12.4. The number of aromatic nitrogens is 3. The van der Waals surface area contributed by atoms with Crippen molar-refractivity contribution in [1.29, 1.82) is 0 Å². The zero-order chi connectivity index (χ0) is 19.5. The van der Waals surface area contributed by atoms with E-state index < -0.39 is 12.1 Å². The van der Waals surface area contributed by atoms with E-state index in [1.165, 1.54) is 11.9 Å². The molecule has 0 spiro atoms. The fraction of sp³-hybridized carbons (Fsp3) is 0.0952. The molecule has 1 heterocycles. The molecule has 0 radical (unpaired) electrons. The van der Waals surface area contributed by atoms with E-state index in [9.17, 15) is 4.79 Å². The molecule has 3 aromatic carbocycles. The van der Waals surface area contributed by atoms with Gasteiger partial charge >= 0.3 is 5.97 Å². The number of carbonyl (C=O) groups excluding carboxylic acids is 1. The van der Waals surface area contributed by atoms with Crippen molar-refractivity contribution in [1.82, 2.24) is 15.0 Å². The molecule has 0 aliphatic rings. The molecule has 1 atom stereocenters. The summed E-state index contributed by atoms with van der Waals surface area (Å²) in [6.07, 6.45) is -0.906. The summed E-state index contributed by atoms with van der Waals surface area (Å²) in [5.41, 5.74) is 2.83. The lowest BCUT2D eigenvalue weighted by Crippen LogP contribution is -2.21. The molecule has 0 saturated carbocycles. The van der Waals surface area contributed by atoms with Gasteiger partial charge in [0, 0.05) is 10.0 Å². The van der Waals surface area contributed by atoms with E-state index in [2.05, 4.69) is 26.1 Å². The van der Waals surface area contributed by atoms with Gasteiger partial charge in [0.05, 0.1) is 7.11 Å². The highest BCUT2D eigenvalue weighted by molar-refractivity contribution is 9.10. The van der Waals surface area contributed by atoms with Gasteiger partial charge in [0.25, 0.3) is 0 Å². The molecule has 0 bridgehead atoms. The van der Waals surface area contributed by atoms with Gasteiger partial charge in [-0.05, 0) is 30.3 Å². The number of ether oxygens (including phenoxy) is 2. The molecule has 0 amide bonds. The third-order valence-electron chi connectivity index (χ3n) is 4.19. The molecular formula is C21H16BrN3O3. The molecule has 0 N–H and O–H groups in total. The Labute approximate surface area is 169 Å². The van der Waals surface area contributed by atoms with Crippen molar-refractivity contribution >= 4 is 32.9 Å². The van der Waals surface area contributed by atoms with Crippen LogP contribution in [0.2, 0.25) is 0 Å². The van der Waals surface area contributed by atoms with E-state index in [4.69, 9.17) is 9.47 Å². The molecule has 0 fully saturated rings. The summed E-state index contributed by atoms with van der Waals surface area (Å²) in [5.74, 6) is -0.0265. The van der Waals surface area contributed by atoms with Crippen LogP contribution in [-0.2, 0) is 9.53 Å². The molecule has 4 aromatic rings. The number of benzene rings is 3. The number of rotatable bonds is 5. The molecule has 6 nitrogen and oxygen atoms in total. The summed E-state index contributed by atoms with van der Waals surface area (Å²) in [7, 11) is 1.34. The van der Waals surface area contributed by atoms with E-state index in [1.54, 1.807) is 6.07 Å². The summed E-state index contributed by atoms with van der Waals surface area (Å²) in [5, 5.41) is 9.04. The number of fused-ring (bicyclic) bond motifs is 1. The summed E-state index contributed by atoms with van der Waals surface area (Å²) >= 11 is 3.48. The van der Waals surface area contributed by atoms with Crippen molar-refractivity contribution < 1.29 is 14.3 Å². The topological polar surface area (TPSA) is 66.2 Å². The highest BCUT2D eigenvalue weighted by Gasteiger charge is 2.25. The van der Waals surface area contributed by atoms with E-state index in [-0.39, 0.29) is 0 Å². The van der Waals surface area contributed by atoms with Gasteiger partial charge in [-0.2, -0.15) is 0 Å². The first kappa shape index (κ1) is 18.2. The molecular weight excluding hydrogens is 422 g/mol. The van der Waals surface area contributed by atoms with E-state index in [0.717, 1.165) is 15.5 Å². The Morgan fingerprint density at radius 3 is 2.25 bits per heavy atom. The van der Waals surface area contributed by atoms with Gasteiger partial charge in [-0.25, -0.2) is 4.79 Å². The Morgan fingerprint density at radius 2 is 1.61 bits per heavy atom. The molecule has 28 heavy (non-hydrogen) atoms. The molecule has 0 aliphatic heterocycles. The first-order valence-corrected chi connectivity index (χ1v) is 9.36. The minimum absolute atomic E-state index is 0.461. The zero-order valence-electron chi connectivity index (χ0n) is 14.9. The number of methoxy groups -OCH3 is 1. The average molecular weight is 438 g/mol. The molecule has 1 unspecified atom stereocenters. The van der Waals surface area contributed by atoms with Crippen molar-refractivity contribution in [3.8, 4) is 11.4 Å². The standard InChI is InChI=1S/C21H16BrN3O3/c1-27-21(26)20(14-7-3-2-4-8-14)28-19-12-11-15(22)13-18(19)25-23-16-9-5-6-10-17(16)24-25/h2-13,20H,1H3. The van der Waals surface area contributed by atoms with Crippen LogP contribution in [0.1, 0.15) is 11.7 Å². The number of nitrogens with zero attached hydrogens (tertiary/aromatic N) is 3. The fourth-order valence-electron chi connectivity index (χ4n) is 2.83. The number of carbonyl (C=O) groups is 1. The van der Waals surface area contributed by atoms with Gasteiger partial charge in [0.1, 0.15) is 22.5 Å². The van der Waals surface area contributed by atoms with Crippen LogP contribution in [0.15, 0.2) is 77.3 Å². The van der Waals surface area contributed by atoms with Crippen LogP contribution >= 0.6 is 15.9 Å². The largest absolute Gasteiger partial charge is 0.472 e. The normalized spacial score (nSPS) is 11.9. The van der Waals surface area contributed by atoms with E-state index in [0.29, 0.717) is 17.0 Å². The highest BCUT2D eigenvalue weighted by Crippen LogP contribution is 2.31.